The van der Waals surface area contributed by atoms with Crippen LogP contribution in [0.5, 0.6) is 17.2 Å². The topological polar surface area (TPSA) is 89.6 Å². The number of aromatic hydroxyl groups is 1. The number of anilines is 1. The third-order valence-corrected chi connectivity index (χ3v) is 5.40. The number of phenols is 1. The van der Waals surface area contributed by atoms with Gasteiger partial charge in [-0.1, -0.05) is 46.3 Å². The van der Waals surface area contributed by atoms with Crippen LogP contribution in [0.3, 0.4) is 0 Å². The van der Waals surface area contributed by atoms with Crippen LogP contribution in [0.15, 0.2) is 53.0 Å². The van der Waals surface area contributed by atoms with E-state index in [4.69, 9.17) is 10.5 Å². The molecule has 0 unspecified atom stereocenters. The zero-order chi connectivity index (χ0) is 19.3. The minimum Gasteiger partial charge on any atom is -0.507 e. The molecule has 0 atom stereocenters. The summed E-state index contributed by atoms with van der Waals surface area (Å²) in [5, 5.41) is 10.4. The van der Waals surface area contributed by atoms with Crippen molar-refractivity contribution in [3.8, 4) is 17.2 Å². The molecule has 134 valence electrons. The van der Waals surface area contributed by atoms with Crippen molar-refractivity contribution >= 4 is 33.2 Å². The van der Waals surface area contributed by atoms with Gasteiger partial charge in [0, 0.05) is 21.7 Å². The summed E-state index contributed by atoms with van der Waals surface area (Å²) >= 11 is 3.43. The molecule has 0 amide bonds. The van der Waals surface area contributed by atoms with E-state index >= 15 is 0 Å². The van der Waals surface area contributed by atoms with Crippen LogP contribution in [0.1, 0.15) is 37.4 Å². The molecule has 0 spiro atoms. The molecule has 0 bridgehead atoms. The number of ether oxygens (including phenoxy) is 1. The van der Waals surface area contributed by atoms with E-state index in [0.29, 0.717) is 5.75 Å². The number of hydrogen-bond acceptors (Lipinski definition) is 5. The summed E-state index contributed by atoms with van der Waals surface area (Å²) in [6, 6.07) is 13.1. The quantitative estimate of drug-likeness (QED) is 0.362. The number of carbonyl (C=O) groups is 2. The van der Waals surface area contributed by atoms with Crippen LogP contribution in [0.4, 0.5) is 5.69 Å². The van der Waals surface area contributed by atoms with E-state index in [1.807, 2.05) is 13.0 Å². The number of aryl methyl sites for hydroxylation is 1. The zero-order valence-electron chi connectivity index (χ0n) is 14.2. The average molecular weight is 424 g/mol. The highest BCUT2D eigenvalue weighted by Gasteiger charge is 2.35. The first-order chi connectivity index (χ1) is 12.9. The molecule has 27 heavy (non-hydrogen) atoms. The number of phenolic OH excluding ortho intramolecular Hbond substituents is 1. The molecule has 6 heteroatoms. The minimum atomic E-state index is -0.436. The molecule has 0 aliphatic heterocycles. The van der Waals surface area contributed by atoms with E-state index in [2.05, 4.69) is 15.9 Å². The highest BCUT2D eigenvalue weighted by atomic mass is 79.9. The van der Waals surface area contributed by atoms with Crippen molar-refractivity contribution in [1.82, 2.24) is 0 Å². The number of nitrogen functional groups attached to an aromatic ring is 1. The van der Waals surface area contributed by atoms with Gasteiger partial charge in [0.25, 0.3) is 0 Å². The van der Waals surface area contributed by atoms with Gasteiger partial charge in [-0.15, -0.1) is 0 Å². The Labute approximate surface area is 163 Å². The minimum absolute atomic E-state index is 0.0207. The van der Waals surface area contributed by atoms with Crippen molar-refractivity contribution in [2.75, 3.05) is 5.73 Å². The maximum Gasteiger partial charge on any atom is 0.198 e. The lowest BCUT2D eigenvalue weighted by Gasteiger charge is -2.21. The summed E-state index contributed by atoms with van der Waals surface area (Å²) in [4.78, 5) is 25.7. The first-order valence-corrected chi connectivity index (χ1v) is 8.95. The molecule has 0 saturated carbocycles. The second kappa shape index (κ2) is 6.25. The highest BCUT2D eigenvalue weighted by Crippen LogP contribution is 2.42. The number of benzene rings is 3. The van der Waals surface area contributed by atoms with Gasteiger partial charge in [-0.05, 0) is 24.6 Å². The Kier molecular flexibility index (Phi) is 4.00. The number of carbonyl (C=O) groups excluding carboxylic acids is 2. The standard InChI is InChI=1S/C21H14BrNO4/c1-10-6-7-11(8-14(10)22)27-16-9-15(24)17-18(19(16)23)21(26)13-5-3-2-4-12(13)20(17)25/h2-9,24H,23H2,1H3. The zero-order valence-corrected chi connectivity index (χ0v) is 15.8. The largest absolute Gasteiger partial charge is 0.507 e. The number of ketones is 2. The smallest absolute Gasteiger partial charge is 0.198 e. The van der Waals surface area contributed by atoms with Crippen LogP contribution in [0, 0.1) is 6.92 Å². The Morgan fingerprint density at radius 3 is 2.22 bits per heavy atom. The van der Waals surface area contributed by atoms with Crippen molar-refractivity contribution < 1.29 is 19.4 Å². The van der Waals surface area contributed by atoms with Gasteiger partial charge < -0.3 is 15.6 Å². The molecule has 3 N–H and O–H groups in total. The lowest BCUT2D eigenvalue weighted by molar-refractivity contribution is 0.0977. The fourth-order valence-corrected chi connectivity index (χ4v) is 3.48. The summed E-state index contributed by atoms with van der Waals surface area (Å²) in [6.45, 7) is 1.94. The van der Waals surface area contributed by atoms with E-state index in [0.717, 1.165) is 10.0 Å². The van der Waals surface area contributed by atoms with E-state index in [1.54, 1.807) is 36.4 Å². The first kappa shape index (κ1) is 17.3. The second-order valence-corrected chi connectivity index (χ2v) is 7.13. The van der Waals surface area contributed by atoms with Crippen molar-refractivity contribution in [2.45, 2.75) is 6.92 Å². The molecule has 3 aromatic carbocycles. The van der Waals surface area contributed by atoms with Gasteiger partial charge in [-0.2, -0.15) is 0 Å². The number of hydrogen-bond donors (Lipinski definition) is 2. The number of fused-ring (bicyclic) bond motifs is 2. The van der Waals surface area contributed by atoms with E-state index in [-0.39, 0.29) is 39.4 Å². The van der Waals surface area contributed by atoms with Gasteiger partial charge in [0.15, 0.2) is 17.3 Å². The predicted octanol–water partition coefficient (Wildman–Crippen LogP) is 4.61. The van der Waals surface area contributed by atoms with E-state index in [1.165, 1.54) is 6.07 Å². The fourth-order valence-electron chi connectivity index (χ4n) is 3.12. The monoisotopic (exact) mass is 423 g/mol. The Morgan fingerprint density at radius 2 is 1.59 bits per heavy atom. The molecule has 3 aromatic rings. The maximum absolute atomic E-state index is 12.9. The molecule has 1 aliphatic rings. The molecule has 1 aliphatic carbocycles. The number of rotatable bonds is 2. The molecule has 4 rings (SSSR count). The van der Waals surface area contributed by atoms with Crippen molar-refractivity contribution in [3.63, 3.8) is 0 Å². The first-order valence-electron chi connectivity index (χ1n) is 8.16. The van der Waals surface area contributed by atoms with Crippen LogP contribution in [-0.2, 0) is 0 Å². The number of halogens is 1. The lowest BCUT2D eigenvalue weighted by Crippen LogP contribution is -2.22. The molecule has 5 nitrogen and oxygen atoms in total. The van der Waals surface area contributed by atoms with E-state index < -0.39 is 11.6 Å². The summed E-state index contributed by atoms with van der Waals surface area (Å²) in [5.41, 5.74) is 7.62. The van der Waals surface area contributed by atoms with Gasteiger partial charge >= 0.3 is 0 Å². The fraction of sp³-hybridized carbons (Fsp3) is 0.0476. The molecule has 0 aromatic heterocycles. The second-order valence-electron chi connectivity index (χ2n) is 6.27. The van der Waals surface area contributed by atoms with Crippen LogP contribution in [-0.4, -0.2) is 16.7 Å². The van der Waals surface area contributed by atoms with Gasteiger partial charge in [-0.25, -0.2) is 0 Å². The maximum atomic E-state index is 12.9. The van der Waals surface area contributed by atoms with Gasteiger partial charge in [0.05, 0.1) is 16.8 Å². The predicted molar refractivity (Wildman–Crippen MR) is 105 cm³/mol. The van der Waals surface area contributed by atoms with Crippen molar-refractivity contribution in [1.29, 1.82) is 0 Å². The lowest BCUT2D eigenvalue weighted by atomic mass is 9.82. The Balaban J connectivity index is 1.86. The van der Waals surface area contributed by atoms with Crippen LogP contribution < -0.4 is 10.5 Å². The number of nitrogens with two attached hydrogens (primary N) is 1. The highest BCUT2D eigenvalue weighted by molar-refractivity contribution is 9.10. The normalized spacial score (nSPS) is 12.5. The van der Waals surface area contributed by atoms with Gasteiger partial charge in [0.2, 0.25) is 0 Å². The van der Waals surface area contributed by atoms with Crippen molar-refractivity contribution in [3.05, 3.63) is 80.8 Å². The van der Waals surface area contributed by atoms with Crippen molar-refractivity contribution in [2.24, 2.45) is 0 Å². The van der Waals surface area contributed by atoms with Crippen LogP contribution in [0.25, 0.3) is 0 Å². The molecule has 0 radical (unpaired) electrons. The summed E-state index contributed by atoms with van der Waals surface area (Å²) < 4.78 is 6.63. The molecule has 0 fully saturated rings. The van der Waals surface area contributed by atoms with Crippen LogP contribution in [0.2, 0.25) is 0 Å². The van der Waals surface area contributed by atoms with Crippen LogP contribution >= 0.6 is 15.9 Å². The molecular formula is C21H14BrNO4. The summed E-state index contributed by atoms with van der Waals surface area (Å²) in [7, 11) is 0. The Morgan fingerprint density at radius 1 is 0.963 bits per heavy atom. The molecule has 0 heterocycles. The van der Waals surface area contributed by atoms with Gasteiger partial charge in [-0.3, -0.25) is 9.59 Å². The third kappa shape index (κ3) is 2.69. The average Bonchev–Trinajstić information content (AvgIpc) is 2.65. The SMILES string of the molecule is Cc1ccc(Oc2cc(O)c3c(c2N)C(=O)c2ccccc2C3=O)cc1Br. The Hall–Kier alpha value is -3.12. The molecule has 0 saturated heterocycles. The van der Waals surface area contributed by atoms with E-state index in [9.17, 15) is 14.7 Å². The molecular weight excluding hydrogens is 410 g/mol. The van der Waals surface area contributed by atoms with Gasteiger partial charge in [0.1, 0.15) is 11.5 Å². The Bertz CT molecular complexity index is 1140. The third-order valence-electron chi connectivity index (χ3n) is 4.55. The summed E-state index contributed by atoms with van der Waals surface area (Å²) in [5.74, 6) is -0.596. The summed E-state index contributed by atoms with van der Waals surface area (Å²) in [6.07, 6.45) is 0.